The number of anilines is 3. The molecule has 89 heavy (non-hydrogen) atoms. The van der Waals surface area contributed by atoms with Crippen LogP contribution in [0.25, 0.3) is 28.0 Å². The van der Waals surface area contributed by atoms with E-state index in [4.69, 9.17) is 9.47 Å². The number of fused-ring (bicyclic) bond motifs is 2. The Kier molecular flexibility index (Phi) is 22.3. The monoisotopic (exact) mass is 1200 g/mol. The summed E-state index contributed by atoms with van der Waals surface area (Å²) in [5.41, 5.74) is 7.22. The Hall–Kier alpha value is -10.6. The van der Waals surface area contributed by atoms with Crippen molar-refractivity contribution in [3.63, 3.8) is 0 Å². The Morgan fingerprint density at radius 1 is 0.629 bits per heavy atom. The van der Waals surface area contributed by atoms with E-state index in [1.807, 2.05) is 169 Å². The van der Waals surface area contributed by atoms with Gasteiger partial charge in [-0.3, -0.25) is 29.2 Å². The van der Waals surface area contributed by atoms with Crippen molar-refractivity contribution in [2.24, 2.45) is 5.41 Å². The van der Waals surface area contributed by atoms with E-state index in [0.717, 1.165) is 28.0 Å². The van der Waals surface area contributed by atoms with Gasteiger partial charge in [-0.1, -0.05) is 104 Å². The summed E-state index contributed by atoms with van der Waals surface area (Å²) in [5, 5.41) is 11.3. The smallest absolute Gasteiger partial charge is 0.349 e. The number of aromatic nitrogens is 10. The zero-order chi connectivity index (χ0) is 64.5. The summed E-state index contributed by atoms with van der Waals surface area (Å²) < 4.78 is 16.9. The topological polar surface area (TPSA) is 260 Å². The van der Waals surface area contributed by atoms with E-state index in [1.165, 1.54) is 6.33 Å². The molecule has 0 radical (unpaired) electrons. The van der Waals surface area contributed by atoms with Crippen LogP contribution < -0.4 is 36.4 Å². The lowest BCUT2D eigenvalue weighted by molar-refractivity contribution is -0.143. The molecule has 0 aliphatic carbocycles. The van der Waals surface area contributed by atoms with Gasteiger partial charge in [-0.25, -0.2) is 29.5 Å². The van der Waals surface area contributed by atoms with Crippen molar-refractivity contribution in [1.82, 2.24) is 58.8 Å². The SMILES string of the molecule is C=C(Nc1ccn(C(C)C)c(=O)n1)c1ccccc1.C=C1NC(=O)N(C(C)C)C=C1C.CC(C)n1cnc2c(NC(=O)c3ccccc3)ncnc21.CC(C)n1cnc2c(OCc3ccc(OC(=O)C(C)(C)C)cc3)nc(NC(=O)Cc3ccccc3)nc21. The largest absolute Gasteiger partial charge is 0.471 e. The Bertz CT molecular complexity index is 4020. The molecule has 0 bridgehead atoms. The van der Waals surface area contributed by atoms with Crippen LogP contribution in [-0.2, 0) is 22.6 Å². The van der Waals surface area contributed by atoms with Crippen LogP contribution in [0.1, 0.15) is 128 Å². The number of urea groups is 1. The number of carbonyl (C=O) groups excluding carboxylic acids is 4. The summed E-state index contributed by atoms with van der Waals surface area (Å²) in [6.45, 7) is 31.2. The molecule has 0 saturated carbocycles. The van der Waals surface area contributed by atoms with Crippen LogP contribution in [0.2, 0.25) is 0 Å². The Balaban J connectivity index is 0.000000184. The van der Waals surface area contributed by atoms with Crippen molar-refractivity contribution in [2.75, 3.05) is 16.0 Å². The van der Waals surface area contributed by atoms with E-state index in [1.54, 1.807) is 79.4 Å². The van der Waals surface area contributed by atoms with Crippen molar-refractivity contribution < 1.29 is 28.7 Å². The van der Waals surface area contributed by atoms with E-state index in [9.17, 15) is 24.0 Å². The van der Waals surface area contributed by atoms with E-state index in [0.29, 0.717) is 51.0 Å². The minimum Gasteiger partial charge on any atom is -0.471 e. The zero-order valence-corrected chi connectivity index (χ0v) is 52.3. The Labute approximate surface area is 517 Å². The lowest BCUT2D eigenvalue weighted by Crippen LogP contribution is -2.43. The van der Waals surface area contributed by atoms with Gasteiger partial charge in [0.15, 0.2) is 28.1 Å². The van der Waals surface area contributed by atoms with Crippen LogP contribution in [0.3, 0.4) is 0 Å². The van der Waals surface area contributed by atoms with Gasteiger partial charge in [-0.05, 0) is 136 Å². The van der Waals surface area contributed by atoms with E-state index in [2.05, 4.69) is 69.3 Å². The number of nitrogens with zero attached hydrogens (tertiary/aromatic N) is 11. The maximum atomic E-state index is 12.6. The van der Waals surface area contributed by atoms with Gasteiger partial charge in [0.25, 0.3) is 5.91 Å². The van der Waals surface area contributed by atoms with Crippen molar-refractivity contribution >= 4 is 69.4 Å². The molecule has 462 valence electrons. The fraction of sp³-hybridized carbons (Fsp3) is 0.284. The molecule has 0 saturated heterocycles. The van der Waals surface area contributed by atoms with Crippen molar-refractivity contribution in [3.8, 4) is 11.6 Å². The molecular weight excluding hydrogens is 1130 g/mol. The maximum Gasteiger partial charge on any atom is 0.349 e. The highest BCUT2D eigenvalue weighted by Gasteiger charge is 2.25. The first-order valence-corrected chi connectivity index (χ1v) is 29.0. The Morgan fingerprint density at radius 2 is 1.21 bits per heavy atom. The normalized spacial score (nSPS) is 12.0. The third-order valence-corrected chi connectivity index (χ3v) is 13.4. The molecule has 0 spiro atoms. The number of esters is 1. The molecule has 0 fully saturated rings. The minimum atomic E-state index is -0.590. The van der Waals surface area contributed by atoms with E-state index in [-0.39, 0.29) is 78.5 Å². The van der Waals surface area contributed by atoms with Crippen molar-refractivity contribution in [3.05, 3.63) is 210 Å². The molecule has 10 rings (SSSR count). The molecule has 22 heteroatoms. The lowest BCUT2D eigenvalue weighted by Gasteiger charge is -2.28. The van der Waals surface area contributed by atoms with Gasteiger partial charge >= 0.3 is 17.7 Å². The van der Waals surface area contributed by atoms with Gasteiger partial charge in [-0.15, -0.1) is 0 Å². The summed E-state index contributed by atoms with van der Waals surface area (Å²) in [7, 11) is 0. The molecule has 5 aromatic heterocycles. The minimum absolute atomic E-state index is 0.0967. The molecule has 0 atom stereocenters. The average Bonchev–Trinajstić information content (AvgIpc) is 1.90. The molecule has 1 aliphatic heterocycles. The van der Waals surface area contributed by atoms with Crippen molar-refractivity contribution in [2.45, 2.75) is 120 Å². The number of benzene rings is 4. The van der Waals surface area contributed by atoms with Gasteiger partial charge in [0.2, 0.25) is 17.7 Å². The fourth-order valence-electron chi connectivity index (χ4n) is 8.29. The van der Waals surface area contributed by atoms with E-state index >= 15 is 0 Å². The highest BCUT2D eigenvalue weighted by molar-refractivity contribution is 6.06. The quantitative estimate of drug-likeness (QED) is 0.0518. The summed E-state index contributed by atoms with van der Waals surface area (Å²) in [6.07, 6.45) is 8.59. The number of amides is 4. The van der Waals surface area contributed by atoms with Gasteiger partial charge in [0, 0.05) is 53.5 Å². The Morgan fingerprint density at radius 3 is 1.80 bits per heavy atom. The fourth-order valence-corrected chi connectivity index (χ4v) is 8.29. The maximum absolute atomic E-state index is 12.6. The second-order valence-electron chi connectivity index (χ2n) is 22.8. The van der Waals surface area contributed by atoms with Crippen LogP contribution in [0.5, 0.6) is 11.6 Å². The van der Waals surface area contributed by atoms with Gasteiger partial charge in [-0.2, -0.15) is 15.0 Å². The first kappa shape index (κ1) is 65.9. The number of imidazole rings is 2. The number of hydrogen-bond acceptors (Lipinski definition) is 15. The average molecular weight is 1200 g/mol. The van der Waals surface area contributed by atoms with Crippen LogP contribution in [0, 0.1) is 5.41 Å². The lowest BCUT2D eigenvalue weighted by atomic mass is 9.97. The van der Waals surface area contributed by atoms with E-state index < -0.39 is 5.41 Å². The second-order valence-corrected chi connectivity index (χ2v) is 22.8. The predicted octanol–water partition coefficient (Wildman–Crippen LogP) is 12.5. The van der Waals surface area contributed by atoms with Crippen LogP contribution in [0.15, 0.2) is 182 Å². The molecule has 4 N–H and O–H groups in total. The molecule has 6 heterocycles. The predicted molar refractivity (Wildman–Crippen MR) is 347 cm³/mol. The number of carbonyl (C=O) groups is 4. The third-order valence-electron chi connectivity index (χ3n) is 13.4. The molecule has 9 aromatic rings. The number of hydrogen-bond donors (Lipinski definition) is 4. The number of ether oxygens (including phenoxy) is 2. The van der Waals surface area contributed by atoms with Gasteiger partial charge in [0.05, 0.1) is 24.5 Å². The molecule has 4 aromatic carbocycles. The summed E-state index contributed by atoms with van der Waals surface area (Å²) >= 11 is 0. The third kappa shape index (κ3) is 18.2. The number of rotatable bonds is 16. The number of nitrogens with one attached hydrogen (secondary N) is 4. The first-order chi connectivity index (χ1) is 42.4. The second kappa shape index (κ2) is 30.1. The standard InChI is InChI=1S/C28H31N5O4.C15H15N5O.C15H17N3O.C9H14N2O/c1-18(2)33-17-29-23-24(33)31-27(30-22(34)15-19-9-7-6-8-10-19)32-25(23)36-16-20-11-13-21(14-12-20)37-26(35)28(3,4)5;1-10(2)20-9-18-12-13(16-8-17-14(12)20)19-15(21)11-6-4-3-5-7-11;1-11(2)18-10-9-14(17-15(18)19)16-12(3)13-7-5-4-6-8-13;1-6(2)11-5-7(3)8(4)10-9(11)12/h6-14,17-18H,15-16H2,1-5H3,(H,30,31,32,34);3-10H,1-2H3,(H,16,17,19,21);4-11H,3H2,1-2H3,(H,16,17,19);5-6H,4H2,1-3H3,(H,10,12). The highest BCUT2D eigenvalue weighted by Crippen LogP contribution is 2.28. The molecule has 22 nitrogen and oxygen atoms in total. The van der Waals surface area contributed by atoms with Crippen molar-refractivity contribution in [1.29, 1.82) is 0 Å². The molecular formula is C67H77N15O7. The van der Waals surface area contributed by atoms with Crippen LogP contribution in [-0.4, -0.2) is 83.3 Å². The zero-order valence-electron chi connectivity index (χ0n) is 52.3. The molecule has 4 amide bonds. The summed E-state index contributed by atoms with van der Waals surface area (Å²) in [6, 6.07) is 37.6. The van der Waals surface area contributed by atoms with Gasteiger partial charge in [0.1, 0.15) is 24.5 Å². The molecule has 1 aliphatic rings. The molecule has 0 unspecified atom stereocenters. The van der Waals surface area contributed by atoms with Crippen LogP contribution >= 0.6 is 0 Å². The highest BCUT2D eigenvalue weighted by atomic mass is 16.5. The first-order valence-electron chi connectivity index (χ1n) is 29.0. The number of allylic oxidation sites excluding steroid dienone is 1. The summed E-state index contributed by atoms with van der Waals surface area (Å²) in [5.74, 6) is 1.07. The van der Waals surface area contributed by atoms with Gasteiger partial charge < -0.3 is 34.6 Å². The van der Waals surface area contributed by atoms with Crippen LogP contribution in [0.4, 0.5) is 22.4 Å². The summed E-state index contributed by atoms with van der Waals surface area (Å²) in [4.78, 5) is 91.8.